The summed E-state index contributed by atoms with van der Waals surface area (Å²) in [5, 5.41) is 0. The average Bonchev–Trinajstić information content (AvgIpc) is 2.89. The highest BCUT2D eigenvalue weighted by molar-refractivity contribution is 5.87. The van der Waals surface area contributed by atoms with Crippen molar-refractivity contribution in [2.45, 2.75) is 32.7 Å². The molecule has 0 bridgehead atoms. The van der Waals surface area contributed by atoms with E-state index in [1.807, 2.05) is 48.2 Å². The van der Waals surface area contributed by atoms with Gasteiger partial charge in [0.05, 0.1) is 18.2 Å². The first-order chi connectivity index (χ1) is 16.6. The van der Waals surface area contributed by atoms with Gasteiger partial charge in [0.25, 0.3) is 0 Å². The van der Waals surface area contributed by atoms with E-state index in [1.54, 1.807) is 0 Å². The number of hydrogen-bond donors (Lipinski definition) is 0. The van der Waals surface area contributed by atoms with Gasteiger partial charge in [0.2, 0.25) is 5.91 Å². The summed E-state index contributed by atoms with van der Waals surface area (Å²) in [7, 11) is 0. The Morgan fingerprint density at radius 3 is 2.09 bits per heavy atom. The minimum absolute atomic E-state index is 0.144. The van der Waals surface area contributed by atoms with Gasteiger partial charge < -0.3 is 14.7 Å². The number of fused-ring (bicyclic) bond motifs is 1. The number of benzene rings is 2. The lowest BCUT2D eigenvalue weighted by molar-refractivity contribution is -0.132. The molecule has 34 heavy (non-hydrogen) atoms. The Kier molecular flexibility index (Phi) is 6.59. The van der Waals surface area contributed by atoms with E-state index in [-0.39, 0.29) is 11.8 Å². The highest BCUT2D eigenvalue weighted by atomic mass is 16.2. The van der Waals surface area contributed by atoms with Crippen LogP contribution in [0.15, 0.2) is 60.7 Å². The smallest absolute Gasteiger partial charge is 0.234 e. The van der Waals surface area contributed by atoms with E-state index in [9.17, 15) is 4.79 Å². The number of hydrogen-bond acceptors (Lipinski definition) is 5. The molecule has 5 rings (SSSR count). The second-order valence-electron chi connectivity index (χ2n) is 9.21. The number of likely N-dealkylation sites (N-methyl/N-ethyl adjacent to an activating group) is 1. The summed E-state index contributed by atoms with van der Waals surface area (Å²) in [6, 6.07) is 20.2. The summed E-state index contributed by atoms with van der Waals surface area (Å²) in [6.45, 7) is 10.5. The highest BCUT2D eigenvalue weighted by Crippen LogP contribution is 2.32. The van der Waals surface area contributed by atoms with Crippen LogP contribution in [0.2, 0.25) is 0 Å². The van der Waals surface area contributed by atoms with Gasteiger partial charge >= 0.3 is 0 Å². The number of carbonyl (C=O) groups is 1. The predicted octanol–water partition coefficient (Wildman–Crippen LogP) is 3.64. The zero-order valence-electron chi connectivity index (χ0n) is 20.2. The van der Waals surface area contributed by atoms with Crippen LogP contribution in [0, 0.1) is 6.92 Å². The molecule has 0 saturated carbocycles. The van der Waals surface area contributed by atoms with Crippen molar-refractivity contribution in [2.24, 2.45) is 0 Å². The van der Waals surface area contributed by atoms with Crippen molar-refractivity contribution in [2.75, 3.05) is 44.2 Å². The van der Waals surface area contributed by atoms with Crippen LogP contribution in [0.5, 0.6) is 0 Å². The summed E-state index contributed by atoms with van der Waals surface area (Å²) < 4.78 is 0. The third kappa shape index (κ3) is 4.55. The van der Waals surface area contributed by atoms with Crippen LogP contribution in [-0.4, -0.2) is 64.9 Å². The van der Waals surface area contributed by atoms with Crippen molar-refractivity contribution in [3.05, 3.63) is 88.9 Å². The van der Waals surface area contributed by atoms with Gasteiger partial charge in [0, 0.05) is 44.7 Å². The van der Waals surface area contributed by atoms with Gasteiger partial charge in [-0.25, -0.2) is 9.97 Å². The zero-order chi connectivity index (χ0) is 23.5. The molecule has 1 saturated heterocycles. The lowest BCUT2D eigenvalue weighted by Gasteiger charge is -2.38. The summed E-state index contributed by atoms with van der Waals surface area (Å²) >= 11 is 0. The number of piperazine rings is 1. The van der Waals surface area contributed by atoms with Gasteiger partial charge in [-0.1, -0.05) is 67.6 Å². The molecular weight excluding hydrogens is 422 g/mol. The van der Waals surface area contributed by atoms with Crippen LogP contribution in [0.25, 0.3) is 0 Å². The number of anilines is 1. The number of rotatable bonds is 5. The maximum Gasteiger partial charge on any atom is 0.234 e. The van der Waals surface area contributed by atoms with E-state index in [0.717, 1.165) is 73.2 Å². The van der Waals surface area contributed by atoms with Crippen molar-refractivity contribution >= 4 is 11.7 Å². The Bertz CT molecular complexity index is 1090. The topological polar surface area (TPSA) is 52.6 Å². The summed E-state index contributed by atoms with van der Waals surface area (Å²) in [5.41, 5.74) is 4.27. The van der Waals surface area contributed by atoms with Gasteiger partial charge in [-0.2, -0.15) is 0 Å². The lowest BCUT2D eigenvalue weighted by Crippen LogP contribution is -2.47. The third-order valence-corrected chi connectivity index (χ3v) is 7.09. The molecule has 2 aliphatic heterocycles. The first kappa shape index (κ1) is 22.5. The molecule has 1 amide bonds. The average molecular weight is 456 g/mol. The van der Waals surface area contributed by atoms with E-state index in [1.165, 1.54) is 0 Å². The SMILES string of the molecule is CCN1CCN(c2nc(C)nc3c2CN(C(=O)C(c2ccccc2)c2ccccc2)CC3)CC1. The molecule has 0 N–H and O–H groups in total. The standard InChI is InChI=1S/C28H33N5O/c1-3-31-16-18-32(19-17-31)27-24-20-33(15-14-25(24)29-21(2)30-27)28(34)26(22-10-6-4-7-11-22)23-12-8-5-9-13-23/h4-13,26H,3,14-20H2,1-2H3. The Morgan fingerprint density at radius 2 is 1.50 bits per heavy atom. The molecule has 0 unspecified atom stereocenters. The molecule has 1 fully saturated rings. The van der Waals surface area contributed by atoms with E-state index in [0.29, 0.717) is 13.1 Å². The van der Waals surface area contributed by atoms with Crippen molar-refractivity contribution in [1.29, 1.82) is 0 Å². The van der Waals surface area contributed by atoms with Crippen molar-refractivity contribution in [3.8, 4) is 0 Å². The molecule has 2 aliphatic rings. The molecule has 0 atom stereocenters. The molecule has 6 heteroatoms. The number of carbonyl (C=O) groups excluding carboxylic acids is 1. The number of aromatic nitrogens is 2. The molecule has 0 spiro atoms. The molecule has 6 nitrogen and oxygen atoms in total. The summed E-state index contributed by atoms with van der Waals surface area (Å²) in [5.74, 6) is 1.67. The van der Waals surface area contributed by atoms with Gasteiger partial charge in [-0.15, -0.1) is 0 Å². The number of nitrogens with zero attached hydrogens (tertiary/aromatic N) is 5. The van der Waals surface area contributed by atoms with Crippen LogP contribution < -0.4 is 4.90 Å². The summed E-state index contributed by atoms with van der Waals surface area (Å²) in [6.07, 6.45) is 0.767. The second kappa shape index (κ2) is 9.94. The number of aryl methyl sites for hydroxylation is 1. The molecular formula is C28H33N5O. The van der Waals surface area contributed by atoms with Crippen LogP contribution in [0.3, 0.4) is 0 Å². The minimum atomic E-state index is -0.313. The van der Waals surface area contributed by atoms with Crippen LogP contribution in [0.1, 0.15) is 41.1 Å². The quantitative estimate of drug-likeness (QED) is 0.588. The Balaban J connectivity index is 1.45. The molecule has 0 radical (unpaired) electrons. The zero-order valence-corrected chi connectivity index (χ0v) is 20.2. The van der Waals surface area contributed by atoms with E-state index >= 15 is 0 Å². The molecule has 3 aromatic rings. The Labute approximate surface area is 202 Å². The molecule has 1 aromatic heterocycles. The predicted molar refractivity (Wildman–Crippen MR) is 135 cm³/mol. The molecule has 176 valence electrons. The van der Waals surface area contributed by atoms with Crippen molar-refractivity contribution in [1.82, 2.24) is 19.8 Å². The molecule has 2 aromatic carbocycles. The van der Waals surface area contributed by atoms with Crippen LogP contribution >= 0.6 is 0 Å². The van der Waals surface area contributed by atoms with Gasteiger partial charge in [-0.05, 0) is 24.6 Å². The monoisotopic (exact) mass is 455 g/mol. The fourth-order valence-corrected chi connectivity index (χ4v) is 5.19. The van der Waals surface area contributed by atoms with E-state index in [2.05, 4.69) is 41.0 Å². The van der Waals surface area contributed by atoms with E-state index in [4.69, 9.17) is 9.97 Å². The van der Waals surface area contributed by atoms with Gasteiger partial charge in [-0.3, -0.25) is 4.79 Å². The Hall–Kier alpha value is -3.25. The summed E-state index contributed by atoms with van der Waals surface area (Å²) in [4.78, 5) is 30.5. The van der Waals surface area contributed by atoms with Crippen LogP contribution in [-0.2, 0) is 17.8 Å². The Morgan fingerprint density at radius 1 is 0.882 bits per heavy atom. The number of amides is 1. The largest absolute Gasteiger partial charge is 0.354 e. The lowest BCUT2D eigenvalue weighted by atomic mass is 9.89. The minimum Gasteiger partial charge on any atom is -0.354 e. The fourth-order valence-electron chi connectivity index (χ4n) is 5.19. The fraction of sp³-hybridized carbons (Fsp3) is 0.393. The van der Waals surface area contributed by atoms with E-state index < -0.39 is 0 Å². The normalized spacial score (nSPS) is 16.6. The van der Waals surface area contributed by atoms with Crippen molar-refractivity contribution in [3.63, 3.8) is 0 Å². The van der Waals surface area contributed by atoms with Gasteiger partial charge in [0.1, 0.15) is 11.6 Å². The maximum atomic E-state index is 14.0. The molecule has 3 heterocycles. The first-order valence-corrected chi connectivity index (χ1v) is 12.4. The first-order valence-electron chi connectivity index (χ1n) is 12.4. The van der Waals surface area contributed by atoms with Crippen LogP contribution in [0.4, 0.5) is 5.82 Å². The maximum absolute atomic E-state index is 14.0. The van der Waals surface area contributed by atoms with Gasteiger partial charge in [0.15, 0.2) is 0 Å². The van der Waals surface area contributed by atoms with Crippen molar-refractivity contribution < 1.29 is 4.79 Å². The third-order valence-electron chi connectivity index (χ3n) is 7.09. The highest BCUT2D eigenvalue weighted by Gasteiger charge is 2.32. The molecule has 0 aliphatic carbocycles. The second-order valence-corrected chi connectivity index (χ2v) is 9.21.